The average molecular weight is 397 g/mol. The van der Waals surface area contributed by atoms with E-state index in [4.69, 9.17) is 0 Å². The lowest BCUT2D eigenvalue weighted by molar-refractivity contribution is -0.133. The number of carbonyl (C=O) groups excluding carboxylic acids is 1. The van der Waals surface area contributed by atoms with Crippen molar-refractivity contribution in [3.8, 4) is 0 Å². The minimum atomic E-state index is 0.197. The van der Waals surface area contributed by atoms with Gasteiger partial charge in [-0.25, -0.2) is 0 Å². The summed E-state index contributed by atoms with van der Waals surface area (Å²) in [5.74, 6) is 1.20. The number of carbonyl (C=O) groups is 1. The standard InChI is InChI=1S/C18H24INO/c1-3-15-16(18(12-19)9-10-18)11-20(17(15)21)13(2)14-7-5-4-6-8-14/h4-8,13,15-16H,3,9-12H2,1-2H3/t13-,15?,16+/m0/s1. The van der Waals surface area contributed by atoms with Crippen molar-refractivity contribution in [2.24, 2.45) is 17.3 Å². The maximum Gasteiger partial charge on any atom is 0.226 e. The van der Waals surface area contributed by atoms with E-state index in [-0.39, 0.29) is 12.0 Å². The third kappa shape index (κ3) is 2.62. The van der Waals surface area contributed by atoms with Crippen molar-refractivity contribution in [3.63, 3.8) is 0 Å². The number of rotatable bonds is 5. The Labute approximate surface area is 141 Å². The number of amides is 1. The molecule has 21 heavy (non-hydrogen) atoms. The van der Waals surface area contributed by atoms with Crippen LogP contribution in [0, 0.1) is 17.3 Å². The Balaban J connectivity index is 1.83. The van der Waals surface area contributed by atoms with Crippen LogP contribution in [-0.2, 0) is 4.79 Å². The average Bonchev–Trinajstić information content (AvgIpc) is 3.25. The minimum Gasteiger partial charge on any atom is -0.335 e. The molecular formula is C18H24INO. The fourth-order valence-corrected chi connectivity index (χ4v) is 5.25. The van der Waals surface area contributed by atoms with Gasteiger partial charge in [-0.05, 0) is 43.1 Å². The molecule has 0 spiro atoms. The Hall–Kier alpha value is -0.580. The van der Waals surface area contributed by atoms with Crippen LogP contribution in [-0.4, -0.2) is 21.8 Å². The van der Waals surface area contributed by atoms with E-state index in [2.05, 4.69) is 65.6 Å². The summed E-state index contributed by atoms with van der Waals surface area (Å²) >= 11 is 2.52. The molecule has 1 aliphatic heterocycles. The third-order valence-electron chi connectivity index (χ3n) is 5.61. The van der Waals surface area contributed by atoms with Crippen LogP contribution in [0.1, 0.15) is 44.7 Å². The summed E-state index contributed by atoms with van der Waals surface area (Å²) in [5.41, 5.74) is 1.71. The van der Waals surface area contributed by atoms with E-state index in [9.17, 15) is 4.79 Å². The maximum absolute atomic E-state index is 12.9. The first-order chi connectivity index (χ1) is 10.1. The van der Waals surface area contributed by atoms with E-state index in [1.807, 2.05) is 6.07 Å². The Morgan fingerprint density at radius 1 is 1.33 bits per heavy atom. The number of hydrogen-bond acceptors (Lipinski definition) is 1. The highest BCUT2D eigenvalue weighted by atomic mass is 127. The second-order valence-electron chi connectivity index (χ2n) is 6.69. The van der Waals surface area contributed by atoms with Crippen LogP contribution >= 0.6 is 22.6 Å². The van der Waals surface area contributed by atoms with E-state index < -0.39 is 0 Å². The molecule has 1 saturated carbocycles. The monoisotopic (exact) mass is 397 g/mol. The molecule has 0 aromatic heterocycles. The van der Waals surface area contributed by atoms with Gasteiger partial charge in [-0.3, -0.25) is 4.79 Å². The molecule has 1 aliphatic carbocycles. The second-order valence-corrected chi connectivity index (χ2v) is 7.46. The van der Waals surface area contributed by atoms with Crippen molar-refractivity contribution in [2.75, 3.05) is 11.0 Å². The largest absolute Gasteiger partial charge is 0.335 e. The van der Waals surface area contributed by atoms with Crippen molar-refractivity contribution < 1.29 is 4.79 Å². The first kappa shape index (κ1) is 15.3. The van der Waals surface area contributed by atoms with Gasteiger partial charge in [-0.2, -0.15) is 0 Å². The number of halogens is 1. The van der Waals surface area contributed by atoms with Gasteiger partial charge >= 0.3 is 0 Å². The molecule has 1 heterocycles. The van der Waals surface area contributed by atoms with Crippen LogP contribution in [0.5, 0.6) is 0 Å². The van der Waals surface area contributed by atoms with Crippen molar-refractivity contribution in [3.05, 3.63) is 35.9 Å². The normalized spacial score (nSPS) is 28.7. The molecule has 3 atom stereocenters. The Morgan fingerprint density at radius 2 is 2.00 bits per heavy atom. The van der Waals surface area contributed by atoms with E-state index in [0.717, 1.165) is 13.0 Å². The van der Waals surface area contributed by atoms with Crippen LogP contribution in [0.2, 0.25) is 0 Å². The highest BCUT2D eigenvalue weighted by Gasteiger charge is 2.56. The quantitative estimate of drug-likeness (QED) is 0.531. The zero-order valence-electron chi connectivity index (χ0n) is 12.9. The molecule has 0 N–H and O–H groups in total. The number of benzene rings is 1. The summed E-state index contributed by atoms with van der Waals surface area (Å²) in [5, 5.41) is 0. The summed E-state index contributed by atoms with van der Waals surface area (Å²) in [6, 6.07) is 10.6. The summed E-state index contributed by atoms with van der Waals surface area (Å²) in [7, 11) is 0. The molecule has 114 valence electrons. The lowest BCUT2D eigenvalue weighted by Crippen LogP contribution is -2.30. The van der Waals surface area contributed by atoms with Gasteiger partial charge in [0.2, 0.25) is 5.91 Å². The molecule has 0 radical (unpaired) electrons. The van der Waals surface area contributed by atoms with Gasteiger partial charge in [0.25, 0.3) is 0 Å². The minimum absolute atomic E-state index is 0.197. The fourth-order valence-electron chi connectivity index (χ4n) is 3.92. The van der Waals surface area contributed by atoms with Gasteiger partial charge in [-0.15, -0.1) is 0 Å². The Morgan fingerprint density at radius 3 is 2.52 bits per heavy atom. The fraction of sp³-hybridized carbons (Fsp3) is 0.611. The Kier molecular flexibility index (Phi) is 4.30. The first-order valence-electron chi connectivity index (χ1n) is 8.04. The van der Waals surface area contributed by atoms with Gasteiger partial charge in [0, 0.05) is 16.9 Å². The van der Waals surface area contributed by atoms with Crippen LogP contribution in [0.4, 0.5) is 0 Å². The van der Waals surface area contributed by atoms with Crippen molar-refractivity contribution in [1.82, 2.24) is 4.90 Å². The van der Waals surface area contributed by atoms with Gasteiger partial charge < -0.3 is 4.90 Å². The number of alkyl halides is 1. The predicted molar refractivity (Wildman–Crippen MR) is 94.4 cm³/mol. The van der Waals surface area contributed by atoms with Gasteiger partial charge in [0.15, 0.2) is 0 Å². The van der Waals surface area contributed by atoms with Crippen LogP contribution in [0.3, 0.4) is 0 Å². The van der Waals surface area contributed by atoms with Gasteiger partial charge in [0.05, 0.1) is 6.04 Å². The molecule has 2 nitrogen and oxygen atoms in total. The lowest BCUT2D eigenvalue weighted by atomic mass is 9.81. The summed E-state index contributed by atoms with van der Waals surface area (Å²) in [6.07, 6.45) is 3.62. The van der Waals surface area contributed by atoms with Crippen molar-refractivity contribution in [1.29, 1.82) is 0 Å². The Bertz CT molecular complexity index is 511. The van der Waals surface area contributed by atoms with Crippen LogP contribution in [0.15, 0.2) is 30.3 Å². The van der Waals surface area contributed by atoms with E-state index in [1.165, 1.54) is 22.8 Å². The predicted octanol–water partition coefficient (Wildman–Crippen LogP) is 4.45. The molecule has 2 aliphatic rings. The molecule has 1 unspecified atom stereocenters. The zero-order valence-corrected chi connectivity index (χ0v) is 15.0. The smallest absolute Gasteiger partial charge is 0.226 e. The van der Waals surface area contributed by atoms with E-state index in [0.29, 0.717) is 17.2 Å². The molecule has 3 heteroatoms. The molecule has 3 rings (SSSR count). The van der Waals surface area contributed by atoms with Crippen LogP contribution in [0.25, 0.3) is 0 Å². The van der Waals surface area contributed by atoms with E-state index >= 15 is 0 Å². The molecule has 1 saturated heterocycles. The lowest BCUT2D eigenvalue weighted by Gasteiger charge is -2.27. The van der Waals surface area contributed by atoms with Gasteiger partial charge in [0.1, 0.15) is 0 Å². The van der Waals surface area contributed by atoms with E-state index in [1.54, 1.807) is 0 Å². The first-order valence-corrected chi connectivity index (χ1v) is 9.57. The summed E-state index contributed by atoms with van der Waals surface area (Å²) < 4.78 is 1.20. The molecule has 0 bridgehead atoms. The molecular weight excluding hydrogens is 373 g/mol. The topological polar surface area (TPSA) is 20.3 Å². The summed E-state index contributed by atoms with van der Waals surface area (Å²) in [4.78, 5) is 15.0. The maximum atomic E-state index is 12.9. The number of likely N-dealkylation sites (tertiary alicyclic amines) is 1. The molecule has 1 aromatic rings. The molecule has 1 aromatic carbocycles. The number of nitrogens with zero attached hydrogens (tertiary/aromatic N) is 1. The number of hydrogen-bond donors (Lipinski definition) is 0. The van der Waals surface area contributed by atoms with Gasteiger partial charge in [-0.1, -0.05) is 59.8 Å². The van der Waals surface area contributed by atoms with Crippen molar-refractivity contribution in [2.45, 2.75) is 39.2 Å². The molecule has 2 fully saturated rings. The third-order valence-corrected chi connectivity index (χ3v) is 7.13. The van der Waals surface area contributed by atoms with Crippen LogP contribution < -0.4 is 0 Å². The zero-order chi connectivity index (χ0) is 15.0. The van der Waals surface area contributed by atoms with Crippen molar-refractivity contribution >= 4 is 28.5 Å². The molecule has 1 amide bonds. The highest BCUT2D eigenvalue weighted by Crippen LogP contribution is 2.58. The second kappa shape index (κ2) is 5.90. The SMILES string of the molecule is CCC1C(=O)N([C@@H](C)c2ccccc2)C[C@H]1C1(CI)CC1. The highest BCUT2D eigenvalue weighted by molar-refractivity contribution is 14.1. The summed E-state index contributed by atoms with van der Waals surface area (Å²) in [6.45, 7) is 5.30.